The molecule has 3 rings (SSSR count). The predicted molar refractivity (Wildman–Crippen MR) is 106 cm³/mol. The summed E-state index contributed by atoms with van der Waals surface area (Å²) < 4.78 is 0. The Labute approximate surface area is 157 Å². The minimum atomic E-state index is -0.828. The van der Waals surface area contributed by atoms with Crippen molar-refractivity contribution < 1.29 is 9.90 Å². The van der Waals surface area contributed by atoms with E-state index in [4.69, 9.17) is 16.7 Å². The van der Waals surface area contributed by atoms with E-state index in [1.165, 1.54) is 0 Å². The first-order valence-electron chi connectivity index (χ1n) is 8.57. The van der Waals surface area contributed by atoms with Gasteiger partial charge in [-0.3, -0.25) is 9.89 Å². The summed E-state index contributed by atoms with van der Waals surface area (Å²) in [4.78, 5) is 13.1. The number of carboxylic acids is 1. The third kappa shape index (κ3) is 3.68. The van der Waals surface area contributed by atoms with Crippen molar-refractivity contribution >= 4 is 34.2 Å². The van der Waals surface area contributed by atoms with Crippen LogP contribution >= 0.6 is 11.6 Å². The maximum Gasteiger partial charge on any atom is 0.303 e. The van der Waals surface area contributed by atoms with Gasteiger partial charge in [0.05, 0.1) is 11.7 Å². The first-order valence-corrected chi connectivity index (χ1v) is 8.95. The van der Waals surface area contributed by atoms with E-state index in [1.54, 1.807) is 6.20 Å². The molecule has 0 radical (unpaired) electrons. The second-order valence-electron chi connectivity index (χ2n) is 6.73. The lowest BCUT2D eigenvalue weighted by Gasteiger charge is -2.27. The van der Waals surface area contributed by atoms with Gasteiger partial charge >= 0.3 is 5.97 Å². The Morgan fingerprint density at radius 2 is 2.08 bits per heavy atom. The summed E-state index contributed by atoms with van der Waals surface area (Å²) in [5.74, 6) is -0.828. The van der Waals surface area contributed by atoms with E-state index in [-0.39, 0.29) is 6.42 Å². The summed E-state index contributed by atoms with van der Waals surface area (Å²) in [7, 11) is 2.03. The van der Waals surface area contributed by atoms with Gasteiger partial charge in [-0.15, -0.1) is 0 Å². The number of fused-ring (bicyclic) bond motifs is 1. The van der Waals surface area contributed by atoms with Crippen molar-refractivity contribution in [3.63, 3.8) is 0 Å². The number of aromatic nitrogens is 2. The third-order valence-electron chi connectivity index (χ3n) is 4.68. The van der Waals surface area contributed by atoms with Crippen molar-refractivity contribution in [1.82, 2.24) is 10.2 Å². The SMILES string of the molecule is CC(C)N(C)c1cc(Cl)c(CCC(=O)O)cc1-c1ccc2[nH]ncc2c1. The number of aliphatic carboxylic acids is 1. The summed E-state index contributed by atoms with van der Waals surface area (Å²) in [5, 5.41) is 17.7. The molecule has 2 aromatic carbocycles. The van der Waals surface area contributed by atoms with E-state index in [2.05, 4.69) is 35.0 Å². The lowest BCUT2D eigenvalue weighted by molar-refractivity contribution is -0.136. The Kier molecular flexibility index (Phi) is 5.18. The molecule has 0 saturated heterocycles. The van der Waals surface area contributed by atoms with Gasteiger partial charge in [-0.05, 0) is 55.7 Å². The molecule has 0 unspecified atom stereocenters. The van der Waals surface area contributed by atoms with Gasteiger partial charge in [0.2, 0.25) is 0 Å². The lowest BCUT2D eigenvalue weighted by atomic mass is 9.97. The molecule has 5 nitrogen and oxygen atoms in total. The van der Waals surface area contributed by atoms with Crippen LogP contribution in [-0.2, 0) is 11.2 Å². The molecule has 0 fully saturated rings. The number of aryl methyl sites for hydroxylation is 1. The average molecular weight is 372 g/mol. The molecule has 0 spiro atoms. The molecule has 0 saturated carbocycles. The molecule has 1 aromatic heterocycles. The number of hydrogen-bond donors (Lipinski definition) is 2. The molecule has 26 heavy (non-hydrogen) atoms. The molecule has 136 valence electrons. The second-order valence-corrected chi connectivity index (χ2v) is 7.14. The number of nitrogens with zero attached hydrogens (tertiary/aromatic N) is 2. The van der Waals surface area contributed by atoms with Crippen molar-refractivity contribution in [3.8, 4) is 11.1 Å². The molecule has 0 aliphatic heterocycles. The smallest absolute Gasteiger partial charge is 0.303 e. The normalized spacial score (nSPS) is 11.3. The third-order valence-corrected chi connectivity index (χ3v) is 5.03. The maximum atomic E-state index is 11.0. The van der Waals surface area contributed by atoms with Crippen LogP contribution < -0.4 is 4.90 Å². The average Bonchev–Trinajstić information content (AvgIpc) is 3.07. The fourth-order valence-electron chi connectivity index (χ4n) is 2.95. The number of anilines is 1. The molecule has 0 bridgehead atoms. The zero-order valence-electron chi connectivity index (χ0n) is 15.1. The van der Waals surface area contributed by atoms with Crippen LogP contribution in [0.4, 0.5) is 5.69 Å². The monoisotopic (exact) mass is 371 g/mol. The van der Waals surface area contributed by atoms with Gasteiger partial charge in [-0.2, -0.15) is 5.10 Å². The van der Waals surface area contributed by atoms with Crippen molar-refractivity contribution in [2.75, 3.05) is 11.9 Å². The van der Waals surface area contributed by atoms with Crippen LogP contribution in [0.5, 0.6) is 0 Å². The summed E-state index contributed by atoms with van der Waals surface area (Å²) in [5.41, 5.74) is 4.93. The largest absolute Gasteiger partial charge is 0.481 e. The highest BCUT2D eigenvalue weighted by atomic mass is 35.5. The summed E-state index contributed by atoms with van der Waals surface area (Å²) in [6, 6.07) is 10.4. The molecular formula is C20H22ClN3O2. The van der Waals surface area contributed by atoms with Gasteiger partial charge in [0, 0.05) is 41.2 Å². The Balaban J connectivity index is 2.14. The topological polar surface area (TPSA) is 69.2 Å². The number of rotatable bonds is 6. The number of hydrogen-bond acceptors (Lipinski definition) is 3. The maximum absolute atomic E-state index is 11.0. The quantitative estimate of drug-likeness (QED) is 0.656. The number of H-pyrrole nitrogens is 1. The first-order chi connectivity index (χ1) is 12.4. The van der Waals surface area contributed by atoms with E-state index in [0.717, 1.165) is 33.3 Å². The van der Waals surface area contributed by atoms with Crippen molar-refractivity contribution in [1.29, 1.82) is 0 Å². The van der Waals surface area contributed by atoms with E-state index in [1.807, 2.05) is 31.3 Å². The molecule has 6 heteroatoms. The van der Waals surface area contributed by atoms with Crippen LogP contribution in [0.2, 0.25) is 5.02 Å². The van der Waals surface area contributed by atoms with Gasteiger partial charge < -0.3 is 10.0 Å². The van der Waals surface area contributed by atoms with Gasteiger partial charge in [-0.25, -0.2) is 0 Å². The second kappa shape index (κ2) is 7.38. The minimum Gasteiger partial charge on any atom is -0.481 e. The van der Waals surface area contributed by atoms with Crippen LogP contribution in [0.1, 0.15) is 25.8 Å². The van der Waals surface area contributed by atoms with Crippen molar-refractivity contribution in [2.45, 2.75) is 32.7 Å². The highest BCUT2D eigenvalue weighted by Gasteiger charge is 2.16. The van der Waals surface area contributed by atoms with E-state index in [0.29, 0.717) is 17.5 Å². The molecule has 2 N–H and O–H groups in total. The Morgan fingerprint density at radius 1 is 1.31 bits per heavy atom. The Hall–Kier alpha value is -2.53. The molecule has 3 aromatic rings. The zero-order valence-corrected chi connectivity index (χ0v) is 15.8. The Bertz CT molecular complexity index is 949. The Morgan fingerprint density at radius 3 is 2.77 bits per heavy atom. The number of benzene rings is 2. The number of aromatic amines is 1. The summed E-state index contributed by atoms with van der Waals surface area (Å²) in [6.45, 7) is 4.24. The van der Waals surface area contributed by atoms with Gasteiger partial charge in [0.25, 0.3) is 0 Å². The van der Waals surface area contributed by atoms with Gasteiger partial charge in [0.1, 0.15) is 0 Å². The van der Waals surface area contributed by atoms with E-state index in [9.17, 15) is 4.79 Å². The number of nitrogens with one attached hydrogen (secondary N) is 1. The molecule has 0 amide bonds. The highest BCUT2D eigenvalue weighted by molar-refractivity contribution is 6.32. The predicted octanol–water partition coefficient (Wildman–Crippen LogP) is 4.75. The summed E-state index contributed by atoms with van der Waals surface area (Å²) in [6.07, 6.45) is 2.26. The van der Waals surface area contributed by atoms with Crippen LogP contribution in [0.25, 0.3) is 22.0 Å². The minimum absolute atomic E-state index is 0.0549. The zero-order chi connectivity index (χ0) is 18.8. The molecule has 0 aliphatic rings. The fourth-order valence-corrected chi connectivity index (χ4v) is 3.20. The first kappa shape index (κ1) is 18.3. The van der Waals surface area contributed by atoms with Crippen LogP contribution in [0.15, 0.2) is 36.5 Å². The number of carboxylic acid groups (broad SMARTS) is 1. The molecule has 0 aliphatic carbocycles. The van der Waals surface area contributed by atoms with Crippen molar-refractivity contribution in [2.24, 2.45) is 0 Å². The van der Waals surface area contributed by atoms with Crippen LogP contribution in [0.3, 0.4) is 0 Å². The van der Waals surface area contributed by atoms with Crippen molar-refractivity contribution in [3.05, 3.63) is 47.1 Å². The number of halogens is 1. The van der Waals surface area contributed by atoms with Crippen LogP contribution in [-0.4, -0.2) is 34.4 Å². The fraction of sp³-hybridized carbons (Fsp3) is 0.300. The van der Waals surface area contributed by atoms with Gasteiger partial charge in [0.15, 0.2) is 0 Å². The highest BCUT2D eigenvalue weighted by Crippen LogP contribution is 2.37. The number of carbonyl (C=O) groups is 1. The van der Waals surface area contributed by atoms with E-state index >= 15 is 0 Å². The standard InChI is InChI=1S/C20H22ClN3O2/c1-12(2)24(3)19-10-17(21)14(5-7-20(25)26)9-16(19)13-4-6-18-15(8-13)11-22-23-18/h4,6,8-12H,5,7H2,1-3H3,(H,22,23)(H,25,26). The van der Waals surface area contributed by atoms with Gasteiger partial charge in [-0.1, -0.05) is 17.7 Å². The van der Waals surface area contributed by atoms with E-state index < -0.39 is 5.97 Å². The van der Waals surface area contributed by atoms with Crippen LogP contribution in [0, 0.1) is 0 Å². The molecule has 1 heterocycles. The molecule has 0 atom stereocenters. The lowest BCUT2D eigenvalue weighted by Crippen LogP contribution is -2.26. The summed E-state index contributed by atoms with van der Waals surface area (Å²) >= 11 is 6.46. The molecular weight excluding hydrogens is 350 g/mol.